The molecule has 0 saturated heterocycles. The molecule has 0 aromatic heterocycles. The van der Waals surface area contributed by atoms with Gasteiger partial charge in [0.1, 0.15) is 0 Å². The summed E-state index contributed by atoms with van der Waals surface area (Å²) in [6, 6.07) is 0. The Hall–Kier alpha value is -2.08. The van der Waals surface area contributed by atoms with Crippen molar-refractivity contribution in [2.24, 2.45) is 0 Å². The Morgan fingerprint density at radius 2 is 0.833 bits per heavy atom. The van der Waals surface area contributed by atoms with E-state index in [1.54, 1.807) is 0 Å². The lowest BCUT2D eigenvalue weighted by atomic mass is 10.1. The van der Waals surface area contributed by atoms with E-state index in [-0.39, 0.29) is 0 Å². The summed E-state index contributed by atoms with van der Waals surface area (Å²) in [4.78, 5) is 0. The molecule has 0 heteroatoms. The van der Waals surface area contributed by atoms with Crippen LogP contribution < -0.4 is 0 Å². The zero-order valence-corrected chi connectivity index (χ0v) is 11.4. The van der Waals surface area contributed by atoms with Crippen molar-refractivity contribution < 1.29 is 0 Å². The van der Waals surface area contributed by atoms with Gasteiger partial charge in [-0.25, -0.2) is 0 Å². The van der Waals surface area contributed by atoms with Gasteiger partial charge in [0.15, 0.2) is 0 Å². The van der Waals surface area contributed by atoms with Crippen LogP contribution in [0.3, 0.4) is 0 Å². The topological polar surface area (TPSA) is 0 Å². The molecular weight excluding hydrogens is 216 g/mol. The number of hydrogen-bond acceptors (Lipinski definition) is 0. The largest absolute Gasteiger partial charge is 0.0961 e. The molecule has 0 unspecified atom stereocenters. The Bertz CT molecular complexity index is 404. The van der Waals surface area contributed by atoms with Crippen LogP contribution in [0.15, 0.2) is 97.2 Å². The van der Waals surface area contributed by atoms with E-state index in [2.05, 4.69) is 26.3 Å². The van der Waals surface area contributed by atoms with Gasteiger partial charge in [-0.05, 0) is 25.0 Å². The first-order chi connectivity index (χ1) is 8.43. The molecule has 0 aliphatic carbocycles. The van der Waals surface area contributed by atoms with E-state index in [1.807, 2.05) is 62.5 Å². The van der Waals surface area contributed by atoms with Crippen LogP contribution in [0.1, 0.15) is 13.8 Å². The molecule has 0 heterocycles. The molecule has 0 aliphatic heterocycles. The zero-order chi connectivity index (χ0) is 14.0. The fourth-order valence-electron chi connectivity index (χ4n) is 0.997. The summed E-state index contributed by atoms with van der Waals surface area (Å²) in [6.45, 7) is 19.4. The SMILES string of the molecule is C=C(C)/C=C\C=C/C(=C)C(=C)/C=C\C=C/C(=C)C. The van der Waals surface area contributed by atoms with Crippen molar-refractivity contribution in [2.45, 2.75) is 13.8 Å². The first-order valence-corrected chi connectivity index (χ1v) is 5.82. The molecule has 0 aromatic carbocycles. The van der Waals surface area contributed by atoms with Gasteiger partial charge >= 0.3 is 0 Å². The molecule has 0 rings (SSSR count). The average molecular weight is 238 g/mol. The highest BCUT2D eigenvalue weighted by Gasteiger charge is 1.89. The molecular formula is C18H22. The van der Waals surface area contributed by atoms with Crippen molar-refractivity contribution in [3.8, 4) is 0 Å². The van der Waals surface area contributed by atoms with E-state index in [0.717, 1.165) is 22.3 Å². The molecule has 0 atom stereocenters. The summed E-state index contributed by atoms with van der Waals surface area (Å²) in [6.07, 6.45) is 15.5. The predicted molar refractivity (Wildman–Crippen MR) is 84.5 cm³/mol. The van der Waals surface area contributed by atoms with Crippen LogP contribution in [0.5, 0.6) is 0 Å². The van der Waals surface area contributed by atoms with Crippen LogP contribution in [0.4, 0.5) is 0 Å². The lowest BCUT2D eigenvalue weighted by molar-refractivity contribution is 1.55. The maximum absolute atomic E-state index is 3.95. The van der Waals surface area contributed by atoms with Crippen LogP contribution >= 0.6 is 0 Å². The number of rotatable bonds is 7. The minimum absolute atomic E-state index is 0.890. The van der Waals surface area contributed by atoms with Crippen LogP contribution in [-0.2, 0) is 0 Å². The first kappa shape index (κ1) is 15.9. The smallest absolute Gasteiger partial charge is 0.0262 e. The van der Waals surface area contributed by atoms with Crippen LogP contribution in [-0.4, -0.2) is 0 Å². The fourth-order valence-corrected chi connectivity index (χ4v) is 0.997. The number of hydrogen-bond donors (Lipinski definition) is 0. The molecule has 94 valence electrons. The van der Waals surface area contributed by atoms with E-state index >= 15 is 0 Å². The third-order valence-corrected chi connectivity index (χ3v) is 1.99. The summed E-state index contributed by atoms with van der Waals surface area (Å²) in [5.74, 6) is 0. The third kappa shape index (κ3) is 9.17. The van der Waals surface area contributed by atoms with Crippen molar-refractivity contribution in [3.63, 3.8) is 0 Å². The quantitative estimate of drug-likeness (QED) is 0.515. The highest BCUT2D eigenvalue weighted by Crippen LogP contribution is 2.08. The van der Waals surface area contributed by atoms with Crippen LogP contribution in [0, 0.1) is 0 Å². The molecule has 0 bridgehead atoms. The second kappa shape index (κ2) is 9.00. The highest BCUT2D eigenvalue weighted by molar-refractivity contribution is 5.44. The average Bonchev–Trinajstić information content (AvgIpc) is 2.29. The summed E-state index contributed by atoms with van der Waals surface area (Å²) >= 11 is 0. The minimum atomic E-state index is 0.890. The molecule has 0 spiro atoms. The Labute approximate surface area is 111 Å². The number of allylic oxidation sites excluding steroid dienone is 12. The molecule has 18 heavy (non-hydrogen) atoms. The third-order valence-electron chi connectivity index (χ3n) is 1.99. The van der Waals surface area contributed by atoms with E-state index in [4.69, 9.17) is 0 Å². The van der Waals surface area contributed by atoms with Gasteiger partial charge in [-0.3, -0.25) is 0 Å². The standard InChI is InChI=1S/C18H22/c1-15(2)11-7-9-13-17(5)18(6)14-10-8-12-16(3)4/h7-14H,1,3,5-6H2,2,4H3/b11-7-,12-8-,13-9-,14-10-. The molecule has 0 aromatic rings. The molecule has 0 amide bonds. The van der Waals surface area contributed by atoms with Gasteiger partial charge < -0.3 is 0 Å². The highest BCUT2D eigenvalue weighted by atomic mass is 13.9. The van der Waals surface area contributed by atoms with Crippen LogP contribution in [0.25, 0.3) is 0 Å². The summed E-state index contributed by atoms with van der Waals surface area (Å²) in [5, 5.41) is 0. The van der Waals surface area contributed by atoms with Gasteiger partial charge in [-0.2, -0.15) is 0 Å². The van der Waals surface area contributed by atoms with Crippen molar-refractivity contribution in [3.05, 3.63) is 97.2 Å². The Balaban J connectivity index is 4.31. The predicted octanol–water partition coefficient (Wildman–Crippen LogP) is 5.48. The second-order valence-corrected chi connectivity index (χ2v) is 4.18. The van der Waals surface area contributed by atoms with Gasteiger partial charge in [0.05, 0.1) is 0 Å². The molecule has 0 N–H and O–H groups in total. The molecule has 0 aliphatic rings. The Kier molecular flexibility index (Phi) is 7.96. The second-order valence-electron chi connectivity index (χ2n) is 4.18. The van der Waals surface area contributed by atoms with Crippen LogP contribution in [0.2, 0.25) is 0 Å². The van der Waals surface area contributed by atoms with Gasteiger partial charge in [0, 0.05) is 0 Å². The maximum Gasteiger partial charge on any atom is -0.0262 e. The van der Waals surface area contributed by atoms with Crippen molar-refractivity contribution in [1.82, 2.24) is 0 Å². The molecule has 0 nitrogen and oxygen atoms in total. The maximum atomic E-state index is 3.95. The van der Waals surface area contributed by atoms with E-state index in [0.29, 0.717) is 0 Å². The Morgan fingerprint density at radius 3 is 1.11 bits per heavy atom. The van der Waals surface area contributed by atoms with Gasteiger partial charge in [0.25, 0.3) is 0 Å². The van der Waals surface area contributed by atoms with Crippen molar-refractivity contribution >= 4 is 0 Å². The fraction of sp³-hybridized carbons (Fsp3) is 0.111. The zero-order valence-electron chi connectivity index (χ0n) is 11.4. The minimum Gasteiger partial charge on any atom is -0.0961 e. The summed E-state index contributed by atoms with van der Waals surface area (Å²) < 4.78 is 0. The Morgan fingerprint density at radius 1 is 0.556 bits per heavy atom. The molecule has 0 radical (unpaired) electrons. The summed E-state index contributed by atoms with van der Waals surface area (Å²) in [7, 11) is 0. The van der Waals surface area contributed by atoms with Crippen molar-refractivity contribution in [2.75, 3.05) is 0 Å². The first-order valence-electron chi connectivity index (χ1n) is 5.82. The monoisotopic (exact) mass is 238 g/mol. The lowest BCUT2D eigenvalue weighted by Crippen LogP contribution is -1.76. The van der Waals surface area contributed by atoms with E-state index < -0.39 is 0 Å². The van der Waals surface area contributed by atoms with Gasteiger partial charge in [-0.15, -0.1) is 0 Å². The molecule has 0 saturated carbocycles. The summed E-state index contributed by atoms with van der Waals surface area (Å²) in [5.41, 5.74) is 3.82. The van der Waals surface area contributed by atoms with E-state index in [1.165, 1.54) is 0 Å². The van der Waals surface area contributed by atoms with Gasteiger partial charge in [0.2, 0.25) is 0 Å². The lowest BCUT2D eigenvalue weighted by Gasteiger charge is -1.96. The molecule has 0 fully saturated rings. The van der Waals surface area contributed by atoms with E-state index in [9.17, 15) is 0 Å². The normalized spacial score (nSPS) is 11.9. The van der Waals surface area contributed by atoms with Gasteiger partial charge in [-0.1, -0.05) is 86.1 Å². The van der Waals surface area contributed by atoms with Crippen molar-refractivity contribution in [1.29, 1.82) is 0 Å².